The topological polar surface area (TPSA) is 4.93 Å². The molecule has 0 saturated carbocycles. The van der Waals surface area contributed by atoms with Gasteiger partial charge in [-0.25, -0.2) is 0 Å². The molecule has 13 rings (SSSR count). The third-order valence-electron chi connectivity index (χ3n) is 14.7. The van der Waals surface area contributed by atoms with E-state index in [0.29, 0.717) is 0 Å². The van der Waals surface area contributed by atoms with Crippen molar-refractivity contribution < 1.29 is 0 Å². The maximum absolute atomic E-state index is 2.58. The van der Waals surface area contributed by atoms with Crippen LogP contribution < -0.4 is 0 Å². The first-order chi connectivity index (χ1) is 33.0. The molecule has 0 fully saturated rings. The zero-order valence-corrected chi connectivity index (χ0v) is 41.1. The predicted octanol–water partition coefficient (Wildman–Crippen LogP) is 18.4. The quantitative estimate of drug-likeness (QED) is 0.122. The van der Waals surface area contributed by atoms with E-state index in [4.69, 9.17) is 0 Å². The van der Waals surface area contributed by atoms with Crippen LogP contribution in [0.2, 0.25) is 0 Å². The van der Waals surface area contributed by atoms with Gasteiger partial charge in [0.05, 0.1) is 0 Å². The monoisotopic (exact) mass is 937 g/mol. The van der Waals surface area contributed by atoms with E-state index in [1.165, 1.54) is 134 Å². The molecule has 68 heavy (non-hydrogen) atoms. The SMILES string of the molecule is CC(C)(C)c1ccc2c(c1)c1cc(C(C)(C)C)ccc1n2-c1c2ccccc2c(-c2cccc3[se]c4cccc(-c5c6ccccc6c(-c6ccccc6)c6ccccc56)c4c23)c2ccccc12. The van der Waals surface area contributed by atoms with E-state index >= 15 is 0 Å². The van der Waals surface area contributed by atoms with Crippen molar-refractivity contribution in [1.82, 2.24) is 4.57 Å². The molecular formula is C66H51NSe. The minimum absolute atomic E-state index is 0.0207. The second-order valence-electron chi connectivity index (χ2n) is 20.8. The Labute approximate surface area is 403 Å². The number of hydrogen-bond acceptors (Lipinski definition) is 0. The molecule has 2 heterocycles. The zero-order valence-electron chi connectivity index (χ0n) is 39.4. The molecule has 0 bridgehead atoms. The van der Waals surface area contributed by atoms with Crippen molar-refractivity contribution in [3.8, 4) is 39.1 Å². The van der Waals surface area contributed by atoms with Gasteiger partial charge in [-0.3, -0.25) is 0 Å². The number of rotatable bonds is 4. The van der Waals surface area contributed by atoms with Gasteiger partial charge in [-0.05, 0) is 10.8 Å². The molecule has 0 N–H and O–H groups in total. The first kappa shape index (κ1) is 41.0. The summed E-state index contributed by atoms with van der Waals surface area (Å²) in [7, 11) is 0. The summed E-state index contributed by atoms with van der Waals surface area (Å²) in [6.07, 6.45) is 0. The Balaban J connectivity index is 1.14. The Morgan fingerprint density at radius 3 is 1.10 bits per heavy atom. The molecule has 2 aromatic heterocycles. The molecule has 0 spiro atoms. The summed E-state index contributed by atoms with van der Waals surface area (Å²) in [5.41, 5.74) is 14.2. The van der Waals surface area contributed by atoms with E-state index < -0.39 is 0 Å². The average Bonchev–Trinajstić information content (AvgIpc) is 3.90. The van der Waals surface area contributed by atoms with E-state index in [2.05, 4.69) is 246 Å². The van der Waals surface area contributed by atoms with Gasteiger partial charge >= 0.3 is 354 Å². The molecule has 0 unspecified atom stereocenters. The molecule has 1 nitrogen and oxygen atoms in total. The summed E-state index contributed by atoms with van der Waals surface area (Å²) in [4.78, 5) is 0. The fourth-order valence-corrected chi connectivity index (χ4v) is 13.9. The van der Waals surface area contributed by atoms with Gasteiger partial charge in [0.25, 0.3) is 0 Å². The van der Waals surface area contributed by atoms with Crippen molar-refractivity contribution >= 4 is 98.7 Å². The van der Waals surface area contributed by atoms with E-state index in [1.807, 2.05) is 0 Å². The average molecular weight is 937 g/mol. The van der Waals surface area contributed by atoms with Crippen LogP contribution in [0.5, 0.6) is 0 Å². The van der Waals surface area contributed by atoms with E-state index in [1.54, 1.807) is 0 Å². The van der Waals surface area contributed by atoms with Gasteiger partial charge in [-0.1, -0.05) is 41.5 Å². The van der Waals surface area contributed by atoms with E-state index in [9.17, 15) is 0 Å². The normalized spacial score (nSPS) is 12.6. The second-order valence-corrected chi connectivity index (χ2v) is 23.1. The molecule has 0 saturated heterocycles. The van der Waals surface area contributed by atoms with Crippen LogP contribution in [-0.2, 0) is 10.8 Å². The van der Waals surface area contributed by atoms with E-state index in [0.717, 1.165) is 0 Å². The molecule has 0 atom stereocenters. The molecule has 2 heteroatoms. The van der Waals surface area contributed by atoms with Gasteiger partial charge in [0, 0.05) is 0 Å². The van der Waals surface area contributed by atoms with Crippen molar-refractivity contribution in [2.75, 3.05) is 0 Å². The molecular weight excluding hydrogens is 886 g/mol. The number of benzene rings is 11. The Morgan fingerprint density at radius 1 is 0.324 bits per heavy atom. The van der Waals surface area contributed by atoms with Crippen LogP contribution in [0.25, 0.3) is 123 Å². The maximum atomic E-state index is 2.58. The summed E-state index contributed by atoms with van der Waals surface area (Å²) in [6.45, 7) is 13.9. The number of aromatic nitrogens is 1. The first-order valence-electron chi connectivity index (χ1n) is 24.0. The predicted molar refractivity (Wildman–Crippen MR) is 296 cm³/mol. The van der Waals surface area contributed by atoms with Crippen molar-refractivity contribution in [2.45, 2.75) is 52.4 Å². The molecule has 0 aliphatic heterocycles. The Morgan fingerprint density at radius 2 is 0.691 bits per heavy atom. The molecule has 11 aromatic carbocycles. The zero-order chi connectivity index (χ0) is 46.1. The summed E-state index contributed by atoms with van der Waals surface area (Å²) in [5.74, 6) is 0. The van der Waals surface area contributed by atoms with Gasteiger partial charge in [0.2, 0.25) is 0 Å². The van der Waals surface area contributed by atoms with Gasteiger partial charge in [0.1, 0.15) is 0 Å². The fourth-order valence-electron chi connectivity index (χ4n) is 11.5. The van der Waals surface area contributed by atoms with E-state index in [-0.39, 0.29) is 25.3 Å². The van der Waals surface area contributed by atoms with Crippen LogP contribution in [0.4, 0.5) is 0 Å². The van der Waals surface area contributed by atoms with Gasteiger partial charge in [-0.2, -0.15) is 0 Å². The molecule has 0 aliphatic rings. The summed E-state index contributed by atoms with van der Waals surface area (Å²) >= 11 is 0.138. The second kappa shape index (κ2) is 15.1. The van der Waals surface area contributed by atoms with Crippen LogP contribution >= 0.6 is 0 Å². The summed E-state index contributed by atoms with van der Waals surface area (Å²) < 4.78 is 5.47. The molecule has 13 aromatic rings. The van der Waals surface area contributed by atoms with Crippen LogP contribution in [0, 0.1) is 0 Å². The van der Waals surface area contributed by atoms with Gasteiger partial charge in [-0.15, -0.1) is 0 Å². The molecule has 0 radical (unpaired) electrons. The van der Waals surface area contributed by atoms with Gasteiger partial charge in [0.15, 0.2) is 0 Å². The van der Waals surface area contributed by atoms with Crippen LogP contribution in [-0.4, -0.2) is 19.1 Å². The fraction of sp³-hybridized carbons (Fsp3) is 0.121. The first-order valence-corrected chi connectivity index (χ1v) is 25.7. The van der Waals surface area contributed by atoms with Crippen molar-refractivity contribution in [3.05, 3.63) is 211 Å². The van der Waals surface area contributed by atoms with Crippen molar-refractivity contribution in [1.29, 1.82) is 0 Å². The Kier molecular flexibility index (Phi) is 9.13. The molecule has 0 aliphatic carbocycles. The van der Waals surface area contributed by atoms with Gasteiger partial charge < -0.3 is 0 Å². The number of fused-ring (bicyclic) bond motifs is 10. The number of hydrogen-bond donors (Lipinski definition) is 0. The minimum atomic E-state index is 0.0207. The van der Waals surface area contributed by atoms with Crippen LogP contribution in [0.3, 0.4) is 0 Å². The summed E-state index contributed by atoms with van der Waals surface area (Å²) in [5, 5.41) is 15.5. The molecule has 0 amide bonds. The standard InChI is InChI=1S/C66H51NSe/c1-65(2,3)41-34-36-55-53(38-41)54-39-42(66(4,5)6)35-37-56(54)67(55)64-49-28-16-14-26-47(49)61(48-27-15-17-29-50(48)64)52-31-19-33-58-63(52)62-51(30-18-32-57(62)68-58)60-45-24-12-10-22-43(45)59(40-20-8-7-9-21-40)44-23-11-13-25-46(44)60/h7-39H,1-6H3. The number of nitrogens with zero attached hydrogens (tertiary/aromatic N) is 1. The summed E-state index contributed by atoms with van der Waals surface area (Å²) in [6, 6.07) is 76.1. The third kappa shape index (κ3) is 6.14. The Hall–Kier alpha value is -7.22. The molecule has 326 valence electrons. The Bertz CT molecular complexity index is 4020. The van der Waals surface area contributed by atoms with Crippen LogP contribution in [0.1, 0.15) is 52.7 Å². The van der Waals surface area contributed by atoms with Crippen molar-refractivity contribution in [2.24, 2.45) is 0 Å². The van der Waals surface area contributed by atoms with Crippen molar-refractivity contribution in [3.63, 3.8) is 0 Å². The third-order valence-corrected chi connectivity index (χ3v) is 17.0. The van der Waals surface area contributed by atoms with Crippen LogP contribution in [0.15, 0.2) is 200 Å².